The van der Waals surface area contributed by atoms with Gasteiger partial charge in [-0.2, -0.15) is 0 Å². The van der Waals surface area contributed by atoms with E-state index in [9.17, 15) is 9.90 Å². The van der Waals surface area contributed by atoms with E-state index in [0.717, 1.165) is 38.8 Å². The van der Waals surface area contributed by atoms with Crippen LogP contribution in [0.2, 0.25) is 0 Å². The summed E-state index contributed by atoms with van der Waals surface area (Å²) >= 11 is 0. The zero-order chi connectivity index (χ0) is 17.6. The molecule has 25 heavy (non-hydrogen) atoms. The van der Waals surface area contributed by atoms with Gasteiger partial charge < -0.3 is 10.0 Å². The minimum absolute atomic E-state index is 0.267. The van der Waals surface area contributed by atoms with Crippen molar-refractivity contribution in [2.24, 2.45) is 0 Å². The Balaban J connectivity index is 1.47. The molecule has 1 heterocycles. The number of hydrogen-bond acceptors (Lipinski definition) is 2. The van der Waals surface area contributed by atoms with Crippen molar-refractivity contribution in [3.63, 3.8) is 0 Å². The molecule has 0 unspecified atom stereocenters. The molecule has 0 atom stereocenters. The number of benzene rings is 2. The maximum absolute atomic E-state index is 12.5. The van der Waals surface area contributed by atoms with Gasteiger partial charge in [-0.15, -0.1) is 0 Å². The normalized spacial score (nSPS) is 15.3. The smallest absolute Gasteiger partial charge is 0.222 e. The van der Waals surface area contributed by atoms with Crippen molar-refractivity contribution in [1.29, 1.82) is 0 Å². The van der Waals surface area contributed by atoms with Crippen molar-refractivity contribution in [2.45, 2.75) is 44.9 Å². The topological polar surface area (TPSA) is 40.5 Å². The van der Waals surface area contributed by atoms with Gasteiger partial charge in [0.2, 0.25) is 5.91 Å². The van der Waals surface area contributed by atoms with Gasteiger partial charge in [-0.25, -0.2) is 0 Å². The Morgan fingerprint density at radius 3 is 2.20 bits per heavy atom. The SMILES string of the molecule is CCc1ccc(CCC(=O)N2CCC(c3ccc(O)cc3)CC2)cc1. The zero-order valence-electron chi connectivity index (χ0n) is 14.9. The zero-order valence-corrected chi connectivity index (χ0v) is 14.9. The Hall–Kier alpha value is -2.29. The summed E-state index contributed by atoms with van der Waals surface area (Å²) in [6, 6.07) is 16.1. The minimum atomic E-state index is 0.267. The first-order chi connectivity index (χ1) is 12.2. The number of phenols is 1. The van der Waals surface area contributed by atoms with Crippen molar-refractivity contribution < 1.29 is 9.90 Å². The van der Waals surface area contributed by atoms with Crippen molar-refractivity contribution in [3.05, 3.63) is 65.2 Å². The average molecular weight is 337 g/mol. The lowest BCUT2D eigenvalue weighted by molar-refractivity contribution is -0.132. The molecule has 2 aromatic carbocycles. The number of hydrogen-bond donors (Lipinski definition) is 1. The van der Waals surface area contributed by atoms with Crippen LogP contribution < -0.4 is 0 Å². The van der Waals surface area contributed by atoms with Crippen LogP contribution in [0.4, 0.5) is 0 Å². The molecule has 1 saturated heterocycles. The molecule has 3 rings (SSSR count). The summed E-state index contributed by atoms with van der Waals surface area (Å²) in [4.78, 5) is 14.5. The minimum Gasteiger partial charge on any atom is -0.508 e. The molecule has 0 bridgehead atoms. The highest BCUT2D eigenvalue weighted by Crippen LogP contribution is 2.29. The van der Waals surface area contributed by atoms with E-state index in [-0.39, 0.29) is 5.91 Å². The van der Waals surface area contributed by atoms with Crippen molar-refractivity contribution >= 4 is 5.91 Å². The fourth-order valence-corrected chi connectivity index (χ4v) is 3.56. The first-order valence-electron chi connectivity index (χ1n) is 9.30. The fourth-order valence-electron chi connectivity index (χ4n) is 3.56. The van der Waals surface area contributed by atoms with Crippen LogP contribution in [-0.4, -0.2) is 29.0 Å². The molecule has 3 heteroatoms. The number of likely N-dealkylation sites (tertiary alicyclic amines) is 1. The summed E-state index contributed by atoms with van der Waals surface area (Å²) < 4.78 is 0. The lowest BCUT2D eigenvalue weighted by Gasteiger charge is -2.32. The van der Waals surface area contributed by atoms with E-state index in [1.54, 1.807) is 12.1 Å². The van der Waals surface area contributed by atoms with Crippen molar-refractivity contribution in [2.75, 3.05) is 13.1 Å². The summed E-state index contributed by atoms with van der Waals surface area (Å²) in [7, 11) is 0. The highest BCUT2D eigenvalue weighted by molar-refractivity contribution is 5.76. The number of rotatable bonds is 5. The van der Waals surface area contributed by atoms with Gasteiger partial charge in [0.05, 0.1) is 0 Å². The molecule has 0 saturated carbocycles. The van der Waals surface area contributed by atoms with Crippen LogP contribution in [0.5, 0.6) is 5.75 Å². The van der Waals surface area contributed by atoms with Crippen LogP contribution in [0.3, 0.4) is 0 Å². The second-order valence-electron chi connectivity index (χ2n) is 6.92. The maximum atomic E-state index is 12.5. The molecule has 1 aliphatic rings. The van der Waals surface area contributed by atoms with Crippen LogP contribution >= 0.6 is 0 Å². The van der Waals surface area contributed by atoms with Crippen molar-refractivity contribution in [3.8, 4) is 5.75 Å². The number of aryl methyl sites for hydroxylation is 2. The first kappa shape index (κ1) is 17.5. The summed E-state index contributed by atoms with van der Waals surface area (Å²) in [5.74, 6) is 1.07. The van der Waals surface area contributed by atoms with E-state index in [4.69, 9.17) is 0 Å². The van der Waals surface area contributed by atoms with E-state index < -0.39 is 0 Å². The summed E-state index contributed by atoms with van der Waals surface area (Å²) in [5, 5.41) is 9.40. The van der Waals surface area contributed by atoms with Gasteiger partial charge in [0.15, 0.2) is 0 Å². The number of nitrogens with zero attached hydrogens (tertiary/aromatic N) is 1. The molecule has 1 aliphatic heterocycles. The molecule has 132 valence electrons. The van der Waals surface area contributed by atoms with Gasteiger partial charge in [0, 0.05) is 19.5 Å². The van der Waals surface area contributed by atoms with Gasteiger partial charge in [0.1, 0.15) is 5.75 Å². The third kappa shape index (κ3) is 4.62. The van der Waals surface area contributed by atoms with Crippen LogP contribution in [0.1, 0.15) is 48.8 Å². The molecule has 0 spiro atoms. The summed E-state index contributed by atoms with van der Waals surface area (Å²) in [6.07, 6.45) is 4.47. The van der Waals surface area contributed by atoms with E-state index >= 15 is 0 Å². The Labute approximate surface area is 150 Å². The summed E-state index contributed by atoms with van der Waals surface area (Å²) in [5.41, 5.74) is 3.84. The average Bonchev–Trinajstić information content (AvgIpc) is 2.67. The van der Waals surface area contributed by atoms with Gasteiger partial charge in [-0.05, 0) is 60.4 Å². The predicted octanol–water partition coefficient (Wildman–Crippen LogP) is 4.29. The quantitative estimate of drug-likeness (QED) is 0.884. The van der Waals surface area contributed by atoms with E-state index in [1.807, 2.05) is 17.0 Å². The maximum Gasteiger partial charge on any atom is 0.222 e. The molecular weight excluding hydrogens is 310 g/mol. The number of phenolic OH excluding ortho intramolecular Hbond substituents is 1. The molecule has 3 nitrogen and oxygen atoms in total. The molecule has 1 amide bonds. The van der Waals surface area contributed by atoms with Crippen LogP contribution in [-0.2, 0) is 17.6 Å². The fraction of sp³-hybridized carbons (Fsp3) is 0.409. The van der Waals surface area contributed by atoms with Gasteiger partial charge in [-0.3, -0.25) is 4.79 Å². The molecule has 0 aromatic heterocycles. The molecule has 0 radical (unpaired) electrons. The number of aromatic hydroxyl groups is 1. The second-order valence-corrected chi connectivity index (χ2v) is 6.92. The highest BCUT2D eigenvalue weighted by atomic mass is 16.3. The standard InChI is InChI=1S/C22H27NO2/c1-2-17-3-5-18(6-4-17)7-12-22(25)23-15-13-20(14-16-23)19-8-10-21(24)11-9-19/h3-6,8-11,20,24H,2,7,12-16H2,1H3. The Morgan fingerprint density at radius 1 is 1.00 bits per heavy atom. The summed E-state index contributed by atoms with van der Waals surface area (Å²) in [6.45, 7) is 3.82. The molecule has 1 N–H and O–H groups in total. The Morgan fingerprint density at radius 2 is 1.60 bits per heavy atom. The molecular formula is C22H27NO2. The largest absolute Gasteiger partial charge is 0.508 e. The third-order valence-corrected chi connectivity index (χ3v) is 5.27. The molecule has 1 fully saturated rings. The second kappa shape index (κ2) is 8.19. The third-order valence-electron chi connectivity index (χ3n) is 5.27. The number of amides is 1. The van der Waals surface area contributed by atoms with Crippen molar-refractivity contribution in [1.82, 2.24) is 4.90 Å². The Kier molecular flexibility index (Phi) is 5.75. The Bertz CT molecular complexity index is 683. The monoisotopic (exact) mass is 337 g/mol. The van der Waals surface area contributed by atoms with Gasteiger partial charge in [0.25, 0.3) is 0 Å². The molecule has 0 aliphatic carbocycles. The lowest BCUT2D eigenvalue weighted by atomic mass is 9.89. The number of carbonyl (C=O) groups is 1. The predicted molar refractivity (Wildman–Crippen MR) is 101 cm³/mol. The first-order valence-corrected chi connectivity index (χ1v) is 9.30. The van der Waals surface area contributed by atoms with Crippen LogP contribution in [0.15, 0.2) is 48.5 Å². The van der Waals surface area contributed by atoms with Gasteiger partial charge >= 0.3 is 0 Å². The van der Waals surface area contributed by atoms with E-state index in [0.29, 0.717) is 18.1 Å². The lowest BCUT2D eigenvalue weighted by Crippen LogP contribution is -2.38. The number of carbonyl (C=O) groups excluding carboxylic acids is 1. The van der Waals surface area contributed by atoms with E-state index in [1.165, 1.54) is 16.7 Å². The van der Waals surface area contributed by atoms with Gasteiger partial charge in [-0.1, -0.05) is 43.3 Å². The van der Waals surface area contributed by atoms with E-state index in [2.05, 4.69) is 31.2 Å². The highest BCUT2D eigenvalue weighted by Gasteiger charge is 2.23. The van der Waals surface area contributed by atoms with Crippen LogP contribution in [0, 0.1) is 0 Å². The van der Waals surface area contributed by atoms with Crippen LogP contribution in [0.25, 0.3) is 0 Å². The molecule has 2 aromatic rings. The number of piperidine rings is 1.